The van der Waals surface area contributed by atoms with E-state index in [0.717, 1.165) is 19.0 Å². The van der Waals surface area contributed by atoms with E-state index in [4.69, 9.17) is 4.74 Å². The van der Waals surface area contributed by atoms with E-state index in [9.17, 15) is 19.7 Å². The van der Waals surface area contributed by atoms with Crippen LogP contribution < -0.4 is 5.32 Å². The topological polar surface area (TPSA) is 115 Å². The Hall–Kier alpha value is -2.71. The minimum Gasteiger partial charge on any atom is -0.450 e. The van der Waals surface area contributed by atoms with Gasteiger partial charge in [-0.1, -0.05) is 0 Å². The zero-order valence-corrected chi connectivity index (χ0v) is 13.7. The van der Waals surface area contributed by atoms with Crippen molar-refractivity contribution in [3.8, 4) is 0 Å². The number of nitrogens with one attached hydrogen (secondary N) is 1. The number of pyridine rings is 1. The number of rotatable bonds is 4. The quantitative estimate of drug-likeness (QED) is 0.660. The molecule has 130 valence electrons. The van der Waals surface area contributed by atoms with Gasteiger partial charge < -0.3 is 15.0 Å². The highest BCUT2D eigenvalue weighted by Crippen LogP contribution is 2.19. The number of alkyl carbamates (subject to hydrolysis) is 1. The molecule has 0 spiro atoms. The molecule has 9 nitrogen and oxygen atoms in total. The van der Waals surface area contributed by atoms with Gasteiger partial charge in [0.25, 0.3) is 11.6 Å². The Labute approximate surface area is 139 Å². The average molecular weight is 336 g/mol. The number of likely N-dealkylation sites (tertiary alicyclic amines) is 1. The van der Waals surface area contributed by atoms with Crippen molar-refractivity contribution in [2.24, 2.45) is 0 Å². The normalized spacial score (nSPS) is 17.2. The molecule has 1 N–H and O–H groups in total. The van der Waals surface area contributed by atoms with E-state index >= 15 is 0 Å². The highest BCUT2D eigenvalue weighted by Gasteiger charge is 2.27. The molecule has 1 aromatic rings. The number of hydrogen-bond acceptors (Lipinski definition) is 6. The molecule has 1 aliphatic heterocycles. The molecule has 0 bridgehead atoms. The Kier molecular flexibility index (Phi) is 5.67. The van der Waals surface area contributed by atoms with Crippen LogP contribution >= 0.6 is 0 Å². The number of hydrogen-bond donors (Lipinski definition) is 1. The molecule has 0 aromatic carbocycles. The first-order chi connectivity index (χ1) is 11.4. The van der Waals surface area contributed by atoms with Gasteiger partial charge >= 0.3 is 6.09 Å². The largest absolute Gasteiger partial charge is 0.450 e. The van der Waals surface area contributed by atoms with Crippen molar-refractivity contribution < 1.29 is 19.2 Å². The van der Waals surface area contributed by atoms with E-state index in [0.29, 0.717) is 18.8 Å². The highest BCUT2D eigenvalue weighted by molar-refractivity contribution is 5.95. The number of amides is 2. The highest BCUT2D eigenvalue weighted by atomic mass is 16.6. The van der Waals surface area contributed by atoms with Gasteiger partial charge in [-0.15, -0.1) is 0 Å². The first-order valence-corrected chi connectivity index (χ1v) is 7.76. The number of aryl methyl sites for hydroxylation is 1. The fourth-order valence-corrected chi connectivity index (χ4v) is 2.63. The van der Waals surface area contributed by atoms with Crippen molar-refractivity contribution in [1.29, 1.82) is 0 Å². The van der Waals surface area contributed by atoms with Gasteiger partial charge in [-0.25, -0.2) is 4.79 Å². The Balaban J connectivity index is 2.10. The third kappa shape index (κ3) is 4.18. The molecule has 2 amide bonds. The fraction of sp³-hybridized carbons (Fsp3) is 0.533. The lowest BCUT2D eigenvalue weighted by Gasteiger charge is -2.33. The minimum atomic E-state index is -0.579. The number of carbonyl (C=O) groups is 2. The summed E-state index contributed by atoms with van der Waals surface area (Å²) in [5.74, 6) is -0.320. The predicted octanol–water partition coefficient (Wildman–Crippen LogP) is 1.65. The molecule has 0 aliphatic carbocycles. The molecule has 2 rings (SSSR count). The molecule has 1 saturated heterocycles. The van der Waals surface area contributed by atoms with Gasteiger partial charge in [-0.05, 0) is 26.7 Å². The number of aromatic nitrogens is 1. The maximum absolute atomic E-state index is 12.7. The van der Waals surface area contributed by atoms with E-state index in [1.165, 1.54) is 6.07 Å². The van der Waals surface area contributed by atoms with Gasteiger partial charge in [0.05, 0.1) is 22.8 Å². The Morgan fingerprint density at radius 3 is 2.96 bits per heavy atom. The van der Waals surface area contributed by atoms with Crippen LogP contribution in [-0.4, -0.2) is 52.5 Å². The van der Waals surface area contributed by atoms with E-state index < -0.39 is 11.0 Å². The van der Waals surface area contributed by atoms with E-state index in [2.05, 4.69) is 10.3 Å². The molecule has 1 atom stereocenters. The lowest BCUT2D eigenvalue weighted by Crippen LogP contribution is -2.49. The maximum atomic E-state index is 12.7. The summed E-state index contributed by atoms with van der Waals surface area (Å²) in [5.41, 5.74) is 0.425. The molecule has 0 saturated carbocycles. The Morgan fingerprint density at radius 1 is 1.54 bits per heavy atom. The van der Waals surface area contributed by atoms with Gasteiger partial charge in [-0.3, -0.25) is 19.9 Å². The summed E-state index contributed by atoms with van der Waals surface area (Å²) in [6.45, 7) is 4.49. The molecule has 2 heterocycles. The third-order valence-corrected chi connectivity index (χ3v) is 3.82. The van der Waals surface area contributed by atoms with Crippen molar-refractivity contribution in [2.75, 3.05) is 19.7 Å². The van der Waals surface area contributed by atoms with Crippen LogP contribution in [0.4, 0.5) is 10.5 Å². The van der Waals surface area contributed by atoms with Crippen LogP contribution in [0.1, 0.15) is 35.8 Å². The molecule has 0 unspecified atom stereocenters. The van der Waals surface area contributed by atoms with Crippen LogP contribution in [0.3, 0.4) is 0 Å². The summed E-state index contributed by atoms with van der Waals surface area (Å²) in [6.07, 6.45) is 2.09. The van der Waals surface area contributed by atoms with E-state index in [1.807, 2.05) is 0 Å². The van der Waals surface area contributed by atoms with Gasteiger partial charge in [0, 0.05) is 25.2 Å². The Morgan fingerprint density at radius 2 is 2.29 bits per heavy atom. The average Bonchev–Trinajstić information content (AvgIpc) is 2.55. The third-order valence-electron chi connectivity index (χ3n) is 3.82. The summed E-state index contributed by atoms with van der Waals surface area (Å²) in [6, 6.07) is 1.04. The molecule has 1 aromatic heterocycles. The van der Waals surface area contributed by atoms with Gasteiger partial charge in [0.2, 0.25) is 0 Å². The number of piperidine rings is 1. The minimum absolute atomic E-state index is 0.200. The van der Waals surface area contributed by atoms with Crippen LogP contribution in [0.5, 0.6) is 0 Å². The number of nitrogens with zero attached hydrogens (tertiary/aromatic N) is 3. The predicted molar refractivity (Wildman–Crippen MR) is 84.7 cm³/mol. The smallest absolute Gasteiger partial charge is 0.407 e. The molecule has 24 heavy (non-hydrogen) atoms. The molecule has 9 heteroatoms. The van der Waals surface area contributed by atoms with Crippen LogP contribution in [0, 0.1) is 17.0 Å². The lowest BCUT2D eigenvalue weighted by atomic mass is 10.0. The summed E-state index contributed by atoms with van der Waals surface area (Å²) >= 11 is 0. The number of ether oxygens (including phenoxy) is 1. The number of carbonyl (C=O) groups excluding carboxylic acids is 2. The first kappa shape index (κ1) is 17.6. The molecular formula is C15H20N4O5. The van der Waals surface area contributed by atoms with Crippen LogP contribution in [-0.2, 0) is 4.74 Å². The number of nitro groups is 1. The maximum Gasteiger partial charge on any atom is 0.407 e. The summed E-state index contributed by atoms with van der Waals surface area (Å²) in [4.78, 5) is 40.0. The lowest BCUT2D eigenvalue weighted by molar-refractivity contribution is -0.385. The second-order valence-electron chi connectivity index (χ2n) is 5.54. The SMILES string of the molecule is CCOC(=O)N[C@H]1CCCN(C(=O)c2cc([N+](=O)[O-])cnc2C)C1. The van der Waals surface area contributed by atoms with Gasteiger partial charge in [0.1, 0.15) is 6.20 Å². The zero-order chi connectivity index (χ0) is 17.7. The van der Waals surface area contributed by atoms with Crippen LogP contribution in [0.2, 0.25) is 0 Å². The van der Waals surface area contributed by atoms with E-state index in [1.54, 1.807) is 18.7 Å². The fourth-order valence-electron chi connectivity index (χ4n) is 2.63. The van der Waals surface area contributed by atoms with Crippen LogP contribution in [0.15, 0.2) is 12.3 Å². The first-order valence-electron chi connectivity index (χ1n) is 7.76. The van der Waals surface area contributed by atoms with Gasteiger partial charge in [0.15, 0.2) is 0 Å². The van der Waals surface area contributed by atoms with Crippen molar-refractivity contribution in [1.82, 2.24) is 15.2 Å². The van der Waals surface area contributed by atoms with Crippen molar-refractivity contribution in [3.05, 3.63) is 33.6 Å². The van der Waals surface area contributed by atoms with Crippen LogP contribution in [0.25, 0.3) is 0 Å². The van der Waals surface area contributed by atoms with Gasteiger partial charge in [-0.2, -0.15) is 0 Å². The Bertz CT molecular complexity index is 649. The zero-order valence-electron chi connectivity index (χ0n) is 13.7. The van der Waals surface area contributed by atoms with Crippen molar-refractivity contribution in [3.63, 3.8) is 0 Å². The second kappa shape index (κ2) is 7.71. The summed E-state index contributed by atoms with van der Waals surface area (Å²) < 4.78 is 4.85. The monoisotopic (exact) mass is 336 g/mol. The molecule has 1 fully saturated rings. The molecule has 1 aliphatic rings. The van der Waals surface area contributed by atoms with Crippen molar-refractivity contribution in [2.45, 2.75) is 32.7 Å². The standard InChI is InChI=1S/C15H20N4O5/c1-3-24-15(21)17-11-5-4-6-18(9-11)14(20)13-7-12(19(22)23)8-16-10(13)2/h7-8,11H,3-6,9H2,1-2H3,(H,17,21)/t11-/m0/s1. The summed E-state index contributed by atoms with van der Waals surface area (Å²) in [5, 5.41) is 13.6. The molecular weight excluding hydrogens is 316 g/mol. The second-order valence-corrected chi connectivity index (χ2v) is 5.54. The van der Waals surface area contributed by atoms with E-state index in [-0.39, 0.29) is 29.8 Å². The summed E-state index contributed by atoms with van der Waals surface area (Å²) in [7, 11) is 0. The van der Waals surface area contributed by atoms with Crippen molar-refractivity contribution >= 4 is 17.7 Å². The molecule has 0 radical (unpaired) electrons.